The lowest BCUT2D eigenvalue weighted by atomic mass is 9.97. The zero-order chi connectivity index (χ0) is 10.0. The molecule has 1 atom stereocenters. The van der Waals surface area contributed by atoms with Crippen LogP contribution in [0.15, 0.2) is 0 Å². The molecule has 1 aliphatic carbocycles. The topological polar surface area (TPSA) is 60.4 Å². The fourth-order valence-electron chi connectivity index (χ4n) is 1.20. The van der Waals surface area contributed by atoms with Gasteiger partial charge >= 0.3 is 5.97 Å². The Morgan fingerprint density at radius 2 is 1.85 bits per heavy atom. The van der Waals surface area contributed by atoms with Crippen LogP contribution in [0.25, 0.3) is 0 Å². The van der Waals surface area contributed by atoms with Crippen molar-refractivity contribution in [3.8, 4) is 0 Å². The molecule has 0 heterocycles. The van der Waals surface area contributed by atoms with E-state index in [2.05, 4.69) is 4.74 Å². The molecule has 4 heteroatoms. The van der Waals surface area contributed by atoms with Gasteiger partial charge in [-0.3, -0.25) is 14.4 Å². The second-order valence-corrected chi connectivity index (χ2v) is 3.24. The number of esters is 1. The Balaban J connectivity index is 2.71. The monoisotopic (exact) mass is 184 g/mol. The number of carbonyl (C=O) groups excluding carboxylic acids is 3. The number of Topliss-reactive ketones (excluding diaryl/α,β-unsaturated/α-hetero) is 2. The zero-order valence-corrected chi connectivity index (χ0v) is 7.70. The summed E-state index contributed by atoms with van der Waals surface area (Å²) in [6.07, 6.45) is 1.58. The molecule has 0 saturated heterocycles. The number of ether oxygens (including phenoxy) is 1. The van der Waals surface area contributed by atoms with Crippen molar-refractivity contribution in [2.75, 3.05) is 7.11 Å². The molecule has 0 aromatic carbocycles. The van der Waals surface area contributed by atoms with E-state index in [0.717, 1.165) is 12.8 Å². The summed E-state index contributed by atoms with van der Waals surface area (Å²) in [6, 6.07) is 0. The molecule has 0 aromatic rings. The van der Waals surface area contributed by atoms with Crippen LogP contribution in [0.4, 0.5) is 0 Å². The molecule has 0 bridgehead atoms. The van der Waals surface area contributed by atoms with Gasteiger partial charge < -0.3 is 4.74 Å². The maximum atomic E-state index is 11.4. The van der Waals surface area contributed by atoms with Gasteiger partial charge in [-0.15, -0.1) is 0 Å². The van der Waals surface area contributed by atoms with Crippen molar-refractivity contribution in [2.24, 2.45) is 11.8 Å². The van der Waals surface area contributed by atoms with Crippen LogP contribution in [0, 0.1) is 11.8 Å². The molecule has 1 rings (SSSR count). The number of hydrogen-bond acceptors (Lipinski definition) is 4. The molecule has 4 nitrogen and oxygen atoms in total. The van der Waals surface area contributed by atoms with E-state index >= 15 is 0 Å². The first-order valence-electron chi connectivity index (χ1n) is 4.20. The van der Waals surface area contributed by atoms with Crippen molar-refractivity contribution in [3.63, 3.8) is 0 Å². The van der Waals surface area contributed by atoms with Crippen molar-refractivity contribution in [2.45, 2.75) is 19.8 Å². The standard InChI is InChI=1S/C9H12O4/c1-5(10)7(9(12)13-2)8(11)6-3-4-6/h6-7H,3-4H2,1-2H3. The minimum absolute atomic E-state index is 0.0898. The maximum absolute atomic E-state index is 11.4. The van der Waals surface area contributed by atoms with Crippen LogP contribution in [-0.2, 0) is 19.1 Å². The van der Waals surface area contributed by atoms with Gasteiger partial charge in [0.2, 0.25) is 0 Å². The Bertz CT molecular complexity index is 252. The highest BCUT2D eigenvalue weighted by molar-refractivity contribution is 6.17. The average molecular weight is 184 g/mol. The van der Waals surface area contributed by atoms with Crippen molar-refractivity contribution < 1.29 is 19.1 Å². The molecule has 0 aromatic heterocycles. The molecule has 1 saturated carbocycles. The molecule has 0 amide bonds. The summed E-state index contributed by atoms with van der Waals surface area (Å²) in [7, 11) is 1.18. The lowest BCUT2D eigenvalue weighted by molar-refractivity contribution is -0.152. The minimum atomic E-state index is -1.18. The Kier molecular flexibility index (Phi) is 2.80. The second kappa shape index (κ2) is 3.68. The molecule has 1 unspecified atom stereocenters. The van der Waals surface area contributed by atoms with Gasteiger partial charge in [-0.2, -0.15) is 0 Å². The molecule has 1 fully saturated rings. The van der Waals surface area contributed by atoms with Crippen LogP contribution < -0.4 is 0 Å². The minimum Gasteiger partial charge on any atom is -0.468 e. The van der Waals surface area contributed by atoms with Gasteiger partial charge in [0.15, 0.2) is 17.5 Å². The molecule has 1 aliphatic rings. The highest BCUT2D eigenvalue weighted by Crippen LogP contribution is 2.32. The normalized spacial score (nSPS) is 17.7. The second-order valence-electron chi connectivity index (χ2n) is 3.24. The van der Waals surface area contributed by atoms with E-state index in [0.29, 0.717) is 0 Å². The summed E-state index contributed by atoms with van der Waals surface area (Å²) < 4.78 is 4.39. The predicted molar refractivity (Wildman–Crippen MR) is 43.9 cm³/mol. The first-order valence-corrected chi connectivity index (χ1v) is 4.20. The highest BCUT2D eigenvalue weighted by Gasteiger charge is 2.41. The van der Waals surface area contributed by atoms with Crippen LogP contribution >= 0.6 is 0 Å². The summed E-state index contributed by atoms with van der Waals surface area (Å²) in [6.45, 7) is 1.24. The molecular formula is C9H12O4. The molecule has 13 heavy (non-hydrogen) atoms. The van der Waals surface area contributed by atoms with Crippen molar-refractivity contribution in [1.82, 2.24) is 0 Å². The molecule has 0 radical (unpaired) electrons. The van der Waals surface area contributed by atoms with E-state index in [1.807, 2.05) is 0 Å². The Labute approximate surface area is 76.3 Å². The van der Waals surface area contributed by atoms with Gasteiger partial charge in [0.05, 0.1) is 7.11 Å². The van der Waals surface area contributed by atoms with E-state index in [-0.39, 0.29) is 11.7 Å². The van der Waals surface area contributed by atoms with E-state index in [9.17, 15) is 14.4 Å². The van der Waals surface area contributed by atoms with E-state index in [4.69, 9.17) is 0 Å². The van der Waals surface area contributed by atoms with Gasteiger partial charge in [-0.05, 0) is 19.8 Å². The number of hydrogen-bond donors (Lipinski definition) is 0. The average Bonchev–Trinajstić information content (AvgIpc) is 2.85. The fraction of sp³-hybridized carbons (Fsp3) is 0.667. The predicted octanol–water partition coefficient (Wildman–Crippen LogP) is 0.344. The summed E-state index contributed by atoms with van der Waals surface area (Å²) in [5.41, 5.74) is 0. The molecule has 0 spiro atoms. The number of carbonyl (C=O) groups is 3. The lowest BCUT2D eigenvalue weighted by Gasteiger charge is -2.08. The first kappa shape index (κ1) is 9.89. The number of methoxy groups -OCH3 is 1. The van der Waals surface area contributed by atoms with Crippen LogP contribution in [0.5, 0.6) is 0 Å². The molecular weight excluding hydrogens is 172 g/mol. The summed E-state index contributed by atoms with van der Waals surface area (Å²) in [5, 5.41) is 0. The van der Waals surface area contributed by atoms with Crippen molar-refractivity contribution in [3.05, 3.63) is 0 Å². The van der Waals surface area contributed by atoms with Crippen molar-refractivity contribution in [1.29, 1.82) is 0 Å². The van der Waals surface area contributed by atoms with Crippen LogP contribution in [-0.4, -0.2) is 24.6 Å². The SMILES string of the molecule is COC(=O)C(C(C)=O)C(=O)C1CC1. The Morgan fingerprint density at radius 1 is 1.31 bits per heavy atom. The number of ketones is 2. The van der Waals surface area contributed by atoms with Gasteiger partial charge in [0.1, 0.15) is 0 Å². The largest absolute Gasteiger partial charge is 0.468 e. The molecule has 72 valence electrons. The van der Waals surface area contributed by atoms with E-state index in [1.54, 1.807) is 0 Å². The fourth-order valence-corrected chi connectivity index (χ4v) is 1.20. The van der Waals surface area contributed by atoms with Gasteiger partial charge in [-0.1, -0.05) is 0 Å². The van der Waals surface area contributed by atoms with Gasteiger partial charge in [-0.25, -0.2) is 0 Å². The molecule has 0 aliphatic heterocycles. The van der Waals surface area contributed by atoms with E-state index < -0.39 is 17.7 Å². The first-order chi connectivity index (χ1) is 6.07. The third kappa shape index (κ3) is 2.14. The van der Waals surface area contributed by atoms with Crippen molar-refractivity contribution >= 4 is 17.5 Å². The van der Waals surface area contributed by atoms with Crippen LogP contribution in [0.3, 0.4) is 0 Å². The summed E-state index contributed by atoms with van der Waals surface area (Å²) in [4.78, 5) is 33.5. The van der Waals surface area contributed by atoms with E-state index in [1.165, 1.54) is 14.0 Å². The van der Waals surface area contributed by atoms with Gasteiger partial charge in [0, 0.05) is 5.92 Å². The highest BCUT2D eigenvalue weighted by atomic mass is 16.5. The summed E-state index contributed by atoms with van der Waals surface area (Å²) >= 11 is 0. The third-order valence-corrected chi connectivity index (χ3v) is 2.11. The molecule has 0 N–H and O–H groups in total. The Hall–Kier alpha value is -1.19. The number of rotatable bonds is 4. The van der Waals surface area contributed by atoms with Crippen LogP contribution in [0.2, 0.25) is 0 Å². The quantitative estimate of drug-likeness (QED) is 0.467. The zero-order valence-electron chi connectivity index (χ0n) is 7.70. The summed E-state index contributed by atoms with van der Waals surface area (Å²) in [5.74, 6) is -2.71. The maximum Gasteiger partial charge on any atom is 0.323 e. The van der Waals surface area contributed by atoms with Crippen LogP contribution in [0.1, 0.15) is 19.8 Å². The third-order valence-electron chi connectivity index (χ3n) is 2.11. The lowest BCUT2D eigenvalue weighted by Crippen LogP contribution is -2.32. The Morgan fingerprint density at radius 3 is 2.15 bits per heavy atom. The smallest absolute Gasteiger partial charge is 0.323 e. The van der Waals surface area contributed by atoms with Gasteiger partial charge in [0.25, 0.3) is 0 Å².